The zero-order chi connectivity index (χ0) is 12.9. The summed E-state index contributed by atoms with van der Waals surface area (Å²) in [6.45, 7) is 5.77. The van der Waals surface area contributed by atoms with Crippen LogP contribution in [0, 0.1) is 20.8 Å². The predicted molar refractivity (Wildman–Crippen MR) is 71.6 cm³/mol. The SMILES string of the molecule is Cc1nc(C)n(-c2nc(Cl)nc3sc(C)cc23)n1. The van der Waals surface area contributed by atoms with Crippen LogP contribution in [0.3, 0.4) is 0 Å². The van der Waals surface area contributed by atoms with Crippen molar-refractivity contribution >= 4 is 33.2 Å². The Labute approximate surface area is 112 Å². The Hall–Kier alpha value is -1.53. The van der Waals surface area contributed by atoms with Gasteiger partial charge in [0.05, 0.1) is 5.39 Å². The molecular weight excluding hydrogens is 270 g/mol. The highest BCUT2D eigenvalue weighted by molar-refractivity contribution is 7.18. The molecule has 0 aromatic carbocycles. The summed E-state index contributed by atoms with van der Waals surface area (Å²) in [5.74, 6) is 2.18. The van der Waals surface area contributed by atoms with E-state index in [-0.39, 0.29) is 5.28 Å². The summed E-state index contributed by atoms with van der Waals surface area (Å²) in [6, 6.07) is 2.04. The van der Waals surface area contributed by atoms with E-state index in [0.717, 1.165) is 20.9 Å². The van der Waals surface area contributed by atoms with Crippen LogP contribution in [0.5, 0.6) is 0 Å². The number of rotatable bonds is 1. The Morgan fingerprint density at radius 3 is 2.61 bits per heavy atom. The lowest BCUT2D eigenvalue weighted by molar-refractivity contribution is 0.808. The summed E-state index contributed by atoms with van der Waals surface area (Å²) >= 11 is 7.56. The van der Waals surface area contributed by atoms with Gasteiger partial charge in [0.15, 0.2) is 5.82 Å². The second-order valence-electron chi connectivity index (χ2n) is 4.01. The minimum absolute atomic E-state index is 0.229. The van der Waals surface area contributed by atoms with E-state index >= 15 is 0 Å². The zero-order valence-electron chi connectivity index (χ0n) is 10.1. The van der Waals surface area contributed by atoms with Gasteiger partial charge in [0.2, 0.25) is 5.28 Å². The number of aryl methyl sites for hydroxylation is 3. The van der Waals surface area contributed by atoms with Crippen LogP contribution in [-0.2, 0) is 0 Å². The first-order valence-corrected chi connectivity index (χ1v) is 6.58. The third kappa shape index (κ3) is 1.77. The summed E-state index contributed by atoms with van der Waals surface area (Å²) in [6.07, 6.45) is 0. The maximum absolute atomic E-state index is 5.97. The second-order valence-corrected chi connectivity index (χ2v) is 5.58. The van der Waals surface area contributed by atoms with Crippen molar-refractivity contribution < 1.29 is 0 Å². The van der Waals surface area contributed by atoms with E-state index in [9.17, 15) is 0 Å². The van der Waals surface area contributed by atoms with Crippen molar-refractivity contribution in [2.45, 2.75) is 20.8 Å². The van der Waals surface area contributed by atoms with Gasteiger partial charge in [-0.1, -0.05) is 0 Å². The van der Waals surface area contributed by atoms with Crippen molar-refractivity contribution in [3.8, 4) is 5.82 Å². The molecule has 0 aliphatic carbocycles. The van der Waals surface area contributed by atoms with Crippen LogP contribution in [0.1, 0.15) is 16.5 Å². The van der Waals surface area contributed by atoms with E-state index in [4.69, 9.17) is 11.6 Å². The van der Waals surface area contributed by atoms with Gasteiger partial charge < -0.3 is 0 Å². The largest absolute Gasteiger partial charge is 0.225 e. The van der Waals surface area contributed by atoms with Crippen LogP contribution in [0.25, 0.3) is 16.0 Å². The summed E-state index contributed by atoms with van der Waals surface area (Å²) in [5, 5.41) is 5.52. The summed E-state index contributed by atoms with van der Waals surface area (Å²) in [5.41, 5.74) is 0. The van der Waals surface area contributed by atoms with E-state index < -0.39 is 0 Å². The standard InChI is InChI=1S/C11H10ClN5S/c1-5-4-8-9(14-11(12)15-10(8)18-5)17-7(3)13-6(2)16-17/h4H,1-3H3. The highest BCUT2D eigenvalue weighted by Crippen LogP contribution is 2.28. The molecule has 3 rings (SSSR count). The summed E-state index contributed by atoms with van der Waals surface area (Å²) < 4.78 is 1.71. The molecular formula is C11H10ClN5S. The molecule has 0 N–H and O–H groups in total. The van der Waals surface area contributed by atoms with Crippen LogP contribution in [-0.4, -0.2) is 24.7 Å². The van der Waals surface area contributed by atoms with Crippen molar-refractivity contribution in [2.24, 2.45) is 0 Å². The molecule has 0 fully saturated rings. The number of nitrogens with zero attached hydrogens (tertiary/aromatic N) is 5. The van der Waals surface area contributed by atoms with Crippen LogP contribution in [0.2, 0.25) is 5.28 Å². The molecule has 5 nitrogen and oxygen atoms in total. The molecule has 3 aromatic heterocycles. The lowest BCUT2D eigenvalue weighted by Gasteiger charge is -2.03. The van der Waals surface area contributed by atoms with Crippen molar-refractivity contribution in [1.29, 1.82) is 0 Å². The minimum atomic E-state index is 0.229. The first kappa shape index (κ1) is 11.6. The maximum Gasteiger partial charge on any atom is 0.225 e. The second kappa shape index (κ2) is 4.00. The van der Waals surface area contributed by atoms with Crippen LogP contribution >= 0.6 is 22.9 Å². The molecule has 92 valence electrons. The Kier molecular flexibility index (Phi) is 2.57. The van der Waals surface area contributed by atoms with Gasteiger partial charge in [0, 0.05) is 4.88 Å². The summed E-state index contributed by atoms with van der Waals surface area (Å²) in [7, 11) is 0. The Morgan fingerprint density at radius 2 is 1.94 bits per heavy atom. The van der Waals surface area contributed by atoms with Crippen LogP contribution in [0.4, 0.5) is 0 Å². The van der Waals surface area contributed by atoms with Gasteiger partial charge in [-0.25, -0.2) is 9.97 Å². The smallest absolute Gasteiger partial charge is 0.217 e. The van der Waals surface area contributed by atoms with Gasteiger partial charge in [-0.2, -0.15) is 9.67 Å². The van der Waals surface area contributed by atoms with E-state index in [0.29, 0.717) is 11.6 Å². The Balaban J connectivity index is 2.37. The first-order chi connectivity index (χ1) is 8.54. The van der Waals surface area contributed by atoms with E-state index in [2.05, 4.69) is 20.1 Å². The number of hydrogen-bond donors (Lipinski definition) is 0. The molecule has 0 spiro atoms. The Morgan fingerprint density at radius 1 is 1.17 bits per heavy atom. The molecule has 7 heteroatoms. The molecule has 0 unspecified atom stereocenters. The number of hydrogen-bond acceptors (Lipinski definition) is 5. The Bertz CT molecular complexity index is 745. The molecule has 0 radical (unpaired) electrons. The average molecular weight is 280 g/mol. The number of aromatic nitrogens is 5. The number of fused-ring (bicyclic) bond motifs is 1. The minimum Gasteiger partial charge on any atom is -0.217 e. The maximum atomic E-state index is 5.97. The molecule has 0 aliphatic heterocycles. The van der Waals surface area contributed by atoms with Crippen molar-refractivity contribution in [3.63, 3.8) is 0 Å². The topological polar surface area (TPSA) is 56.5 Å². The average Bonchev–Trinajstić information content (AvgIpc) is 2.79. The van der Waals surface area contributed by atoms with E-state index in [1.807, 2.05) is 26.8 Å². The lowest BCUT2D eigenvalue weighted by Crippen LogP contribution is -2.03. The van der Waals surface area contributed by atoms with Gasteiger partial charge in [-0.15, -0.1) is 16.4 Å². The normalized spacial score (nSPS) is 11.3. The monoisotopic (exact) mass is 279 g/mol. The van der Waals surface area contributed by atoms with Gasteiger partial charge in [-0.3, -0.25) is 0 Å². The van der Waals surface area contributed by atoms with E-state index in [1.165, 1.54) is 0 Å². The zero-order valence-corrected chi connectivity index (χ0v) is 11.7. The van der Waals surface area contributed by atoms with E-state index in [1.54, 1.807) is 16.0 Å². The molecule has 0 amide bonds. The molecule has 3 aromatic rings. The third-order valence-electron chi connectivity index (χ3n) is 2.54. The molecule has 0 atom stereocenters. The van der Waals surface area contributed by atoms with Crippen LogP contribution in [0.15, 0.2) is 6.07 Å². The first-order valence-electron chi connectivity index (χ1n) is 5.39. The van der Waals surface area contributed by atoms with Gasteiger partial charge in [-0.05, 0) is 38.4 Å². The molecule has 0 aliphatic rings. The fourth-order valence-electron chi connectivity index (χ4n) is 1.88. The molecule has 18 heavy (non-hydrogen) atoms. The number of thiophene rings is 1. The van der Waals surface area contributed by atoms with Crippen molar-refractivity contribution in [1.82, 2.24) is 24.7 Å². The van der Waals surface area contributed by atoms with Crippen molar-refractivity contribution in [3.05, 3.63) is 27.9 Å². The fourth-order valence-corrected chi connectivity index (χ4v) is 2.97. The van der Waals surface area contributed by atoms with Gasteiger partial charge in [0.25, 0.3) is 0 Å². The highest BCUT2D eigenvalue weighted by atomic mass is 35.5. The molecule has 0 saturated carbocycles. The van der Waals surface area contributed by atoms with Gasteiger partial charge in [0.1, 0.15) is 16.5 Å². The van der Waals surface area contributed by atoms with Crippen molar-refractivity contribution in [2.75, 3.05) is 0 Å². The predicted octanol–water partition coefficient (Wildman–Crippen LogP) is 2.85. The number of halogens is 1. The highest BCUT2D eigenvalue weighted by Gasteiger charge is 2.14. The molecule has 0 bridgehead atoms. The quantitative estimate of drug-likeness (QED) is 0.643. The van der Waals surface area contributed by atoms with Gasteiger partial charge >= 0.3 is 0 Å². The summed E-state index contributed by atoms with van der Waals surface area (Å²) in [4.78, 5) is 14.8. The molecule has 3 heterocycles. The molecule has 0 saturated heterocycles. The lowest BCUT2D eigenvalue weighted by atomic mass is 10.3. The van der Waals surface area contributed by atoms with Crippen LogP contribution < -0.4 is 0 Å². The fraction of sp³-hybridized carbons (Fsp3) is 0.273. The third-order valence-corrected chi connectivity index (χ3v) is 3.66.